The fourth-order valence-electron chi connectivity index (χ4n) is 2.73. The molecule has 0 aromatic heterocycles. The average Bonchev–Trinajstić information content (AvgIpc) is 2.71. The molecule has 0 unspecified atom stereocenters. The van der Waals surface area contributed by atoms with Crippen LogP contribution in [0.4, 0.5) is 16.2 Å². The van der Waals surface area contributed by atoms with E-state index in [9.17, 15) is 14.4 Å². The molecule has 2 rings (SSSR count). The molecule has 172 valence electrons. The van der Waals surface area contributed by atoms with Crippen LogP contribution in [0.5, 0.6) is 5.75 Å². The van der Waals surface area contributed by atoms with Crippen molar-refractivity contribution in [1.29, 1.82) is 0 Å². The van der Waals surface area contributed by atoms with Crippen LogP contribution < -0.4 is 20.7 Å². The summed E-state index contributed by atoms with van der Waals surface area (Å²) in [5.41, 5.74) is 1.57. The summed E-state index contributed by atoms with van der Waals surface area (Å²) in [5.74, 6) is -0.120. The van der Waals surface area contributed by atoms with Gasteiger partial charge in [0.15, 0.2) is 6.61 Å². The van der Waals surface area contributed by atoms with E-state index in [4.69, 9.17) is 9.47 Å². The Kier molecular flexibility index (Phi) is 9.07. The van der Waals surface area contributed by atoms with Crippen LogP contribution in [0.3, 0.4) is 0 Å². The van der Waals surface area contributed by atoms with E-state index in [-0.39, 0.29) is 19.1 Å². The van der Waals surface area contributed by atoms with Crippen molar-refractivity contribution in [3.05, 3.63) is 54.1 Å². The fraction of sp³-hybridized carbons (Fsp3) is 0.375. The van der Waals surface area contributed by atoms with Gasteiger partial charge in [0.05, 0.1) is 0 Å². The van der Waals surface area contributed by atoms with Gasteiger partial charge in [0.1, 0.15) is 17.9 Å². The van der Waals surface area contributed by atoms with Gasteiger partial charge in [0, 0.05) is 11.4 Å². The molecule has 0 spiro atoms. The normalized spacial score (nSPS) is 10.8. The molecule has 0 atom stereocenters. The molecule has 0 aliphatic heterocycles. The Morgan fingerprint density at radius 2 is 1.53 bits per heavy atom. The first-order valence-corrected chi connectivity index (χ1v) is 10.5. The van der Waals surface area contributed by atoms with E-state index in [0.29, 0.717) is 17.1 Å². The summed E-state index contributed by atoms with van der Waals surface area (Å²) in [4.78, 5) is 35.9. The maximum Gasteiger partial charge on any atom is 0.408 e. The van der Waals surface area contributed by atoms with Crippen LogP contribution in [0.1, 0.15) is 39.7 Å². The first-order chi connectivity index (χ1) is 15.1. The van der Waals surface area contributed by atoms with E-state index >= 15 is 0 Å². The van der Waals surface area contributed by atoms with Gasteiger partial charge in [-0.2, -0.15) is 0 Å². The van der Waals surface area contributed by atoms with E-state index in [1.165, 1.54) is 5.56 Å². The van der Waals surface area contributed by atoms with Gasteiger partial charge in [-0.05, 0) is 63.1 Å². The Morgan fingerprint density at radius 1 is 0.906 bits per heavy atom. The van der Waals surface area contributed by atoms with Gasteiger partial charge < -0.3 is 25.4 Å². The molecular formula is C24H31N3O5. The van der Waals surface area contributed by atoms with Crippen LogP contribution >= 0.6 is 0 Å². The molecule has 8 nitrogen and oxygen atoms in total. The van der Waals surface area contributed by atoms with Crippen molar-refractivity contribution in [2.45, 2.75) is 46.1 Å². The van der Waals surface area contributed by atoms with Crippen LogP contribution in [0.25, 0.3) is 0 Å². The largest absolute Gasteiger partial charge is 0.484 e. The summed E-state index contributed by atoms with van der Waals surface area (Å²) >= 11 is 0. The van der Waals surface area contributed by atoms with Crippen molar-refractivity contribution in [3.8, 4) is 5.75 Å². The second-order valence-corrected chi connectivity index (χ2v) is 8.22. The van der Waals surface area contributed by atoms with Crippen molar-refractivity contribution in [2.24, 2.45) is 0 Å². The Hall–Kier alpha value is -3.55. The topological polar surface area (TPSA) is 106 Å². The number of hydrogen-bond donors (Lipinski definition) is 3. The second-order valence-electron chi connectivity index (χ2n) is 8.22. The molecule has 3 amide bonds. The maximum atomic E-state index is 12.2. The number of aryl methyl sites for hydroxylation is 1. The van der Waals surface area contributed by atoms with E-state index in [0.717, 1.165) is 12.8 Å². The van der Waals surface area contributed by atoms with Crippen molar-refractivity contribution in [3.63, 3.8) is 0 Å². The highest BCUT2D eigenvalue weighted by Crippen LogP contribution is 2.16. The number of benzene rings is 2. The molecular weight excluding hydrogens is 410 g/mol. The van der Waals surface area contributed by atoms with Crippen LogP contribution in [0.15, 0.2) is 48.5 Å². The van der Waals surface area contributed by atoms with Gasteiger partial charge in [-0.15, -0.1) is 0 Å². The van der Waals surface area contributed by atoms with Crippen LogP contribution in [-0.2, 0) is 20.7 Å². The number of rotatable bonds is 9. The monoisotopic (exact) mass is 441 g/mol. The molecule has 0 heterocycles. The Labute approximate surface area is 188 Å². The van der Waals surface area contributed by atoms with Gasteiger partial charge in [0.25, 0.3) is 5.91 Å². The van der Waals surface area contributed by atoms with Gasteiger partial charge in [-0.1, -0.05) is 31.5 Å². The Balaban J connectivity index is 1.79. The minimum absolute atomic E-state index is 0.135. The molecule has 0 radical (unpaired) electrons. The summed E-state index contributed by atoms with van der Waals surface area (Å²) < 4.78 is 10.6. The predicted octanol–water partition coefficient (Wildman–Crippen LogP) is 4.12. The molecule has 0 saturated heterocycles. The fourth-order valence-corrected chi connectivity index (χ4v) is 2.73. The number of hydrogen-bond acceptors (Lipinski definition) is 5. The molecule has 2 aromatic rings. The quantitative estimate of drug-likeness (QED) is 0.543. The zero-order valence-electron chi connectivity index (χ0n) is 19.0. The summed E-state index contributed by atoms with van der Waals surface area (Å²) in [6.45, 7) is 6.96. The van der Waals surface area contributed by atoms with Gasteiger partial charge >= 0.3 is 6.09 Å². The summed E-state index contributed by atoms with van der Waals surface area (Å²) in [5, 5.41) is 7.77. The average molecular weight is 442 g/mol. The lowest BCUT2D eigenvalue weighted by Gasteiger charge is -2.19. The van der Waals surface area contributed by atoms with E-state index < -0.39 is 17.6 Å². The molecule has 0 fully saturated rings. The third-order valence-electron chi connectivity index (χ3n) is 4.05. The van der Waals surface area contributed by atoms with Gasteiger partial charge in [0.2, 0.25) is 5.91 Å². The first-order valence-electron chi connectivity index (χ1n) is 10.5. The van der Waals surface area contributed by atoms with E-state index in [2.05, 4.69) is 22.9 Å². The molecule has 32 heavy (non-hydrogen) atoms. The highest BCUT2D eigenvalue weighted by atomic mass is 16.6. The zero-order chi connectivity index (χ0) is 23.6. The summed E-state index contributed by atoms with van der Waals surface area (Å²) in [6.07, 6.45) is 1.40. The summed E-state index contributed by atoms with van der Waals surface area (Å²) in [7, 11) is 0. The second kappa shape index (κ2) is 11.7. The zero-order valence-corrected chi connectivity index (χ0v) is 19.0. The molecule has 8 heteroatoms. The maximum absolute atomic E-state index is 12.2. The van der Waals surface area contributed by atoms with Crippen LogP contribution in [0, 0.1) is 0 Å². The predicted molar refractivity (Wildman–Crippen MR) is 124 cm³/mol. The standard InChI is InChI=1S/C24H31N3O5/c1-5-7-17-10-12-20(13-11-17)31-16-22(29)27-19-9-6-8-18(14-19)26-21(28)15-25-23(30)32-24(2,3)4/h6,8-14H,5,7,15-16H2,1-4H3,(H,25,30)(H,26,28)(H,27,29). The number of amides is 3. The number of alkyl carbamates (subject to hydrolysis) is 1. The Bertz CT molecular complexity index is 920. The minimum atomic E-state index is -0.673. The lowest BCUT2D eigenvalue weighted by atomic mass is 10.1. The molecule has 3 N–H and O–H groups in total. The number of anilines is 2. The van der Waals surface area contributed by atoms with Gasteiger partial charge in [-0.25, -0.2) is 4.79 Å². The summed E-state index contributed by atoms with van der Waals surface area (Å²) in [6, 6.07) is 14.4. The highest BCUT2D eigenvalue weighted by molar-refractivity contribution is 5.96. The van der Waals surface area contributed by atoms with E-state index in [1.54, 1.807) is 45.0 Å². The number of ether oxygens (including phenoxy) is 2. The molecule has 0 bridgehead atoms. The van der Waals surface area contributed by atoms with Crippen molar-refractivity contribution < 1.29 is 23.9 Å². The van der Waals surface area contributed by atoms with Gasteiger partial charge in [-0.3, -0.25) is 9.59 Å². The first kappa shape index (κ1) is 24.7. The number of nitrogens with one attached hydrogen (secondary N) is 3. The third-order valence-corrected chi connectivity index (χ3v) is 4.05. The molecule has 0 saturated carbocycles. The third kappa shape index (κ3) is 9.51. The smallest absolute Gasteiger partial charge is 0.408 e. The molecule has 2 aromatic carbocycles. The minimum Gasteiger partial charge on any atom is -0.484 e. The van der Waals surface area contributed by atoms with Crippen molar-refractivity contribution in [1.82, 2.24) is 5.32 Å². The number of carbonyl (C=O) groups is 3. The molecule has 0 aliphatic rings. The Morgan fingerprint density at radius 3 is 2.12 bits per heavy atom. The van der Waals surface area contributed by atoms with Crippen LogP contribution in [-0.4, -0.2) is 36.7 Å². The molecule has 0 aliphatic carbocycles. The van der Waals surface area contributed by atoms with E-state index in [1.807, 2.05) is 24.3 Å². The highest BCUT2D eigenvalue weighted by Gasteiger charge is 2.16. The SMILES string of the molecule is CCCc1ccc(OCC(=O)Nc2cccc(NC(=O)CNC(=O)OC(C)(C)C)c2)cc1. The number of carbonyl (C=O) groups excluding carboxylic acids is 3. The lowest BCUT2D eigenvalue weighted by molar-refractivity contribution is -0.118. The van der Waals surface area contributed by atoms with Crippen molar-refractivity contribution >= 4 is 29.3 Å². The van der Waals surface area contributed by atoms with Crippen LogP contribution in [0.2, 0.25) is 0 Å². The van der Waals surface area contributed by atoms with Crippen molar-refractivity contribution in [2.75, 3.05) is 23.8 Å². The lowest BCUT2D eigenvalue weighted by Crippen LogP contribution is -2.37.